The van der Waals surface area contributed by atoms with Gasteiger partial charge in [0.25, 0.3) is 0 Å². The number of hydrogen-bond donors (Lipinski definition) is 3. The minimum Gasteiger partial charge on any atom is -0.399 e. The quantitative estimate of drug-likeness (QED) is 0.668. The first-order valence-corrected chi connectivity index (χ1v) is 5.31. The summed E-state index contributed by atoms with van der Waals surface area (Å²) in [6.45, 7) is 2.11. The largest absolute Gasteiger partial charge is 0.399 e. The van der Waals surface area contributed by atoms with Crippen molar-refractivity contribution in [1.82, 2.24) is 4.98 Å². The van der Waals surface area contributed by atoms with Crippen molar-refractivity contribution in [1.29, 1.82) is 0 Å². The van der Waals surface area contributed by atoms with Crippen LogP contribution in [0.5, 0.6) is 0 Å². The lowest BCUT2D eigenvalue weighted by Gasteiger charge is -2.06. The summed E-state index contributed by atoms with van der Waals surface area (Å²) < 4.78 is 0. The van der Waals surface area contributed by atoms with Crippen molar-refractivity contribution in [3.05, 3.63) is 30.0 Å². The van der Waals surface area contributed by atoms with E-state index in [9.17, 15) is 0 Å². The van der Waals surface area contributed by atoms with Crippen LogP contribution in [0.1, 0.15) is 18.9 Å². The number of benzene rings is 1. The van der Waals surface area contributed by atoms with E-state index in [0.29, 0.717) is 0 Å². The van der Waals surface area contributed by atoms with Gasteiger partial charge in [-0.2, -0.15) is 0 Å². The van der Waals surface area contributed by atoms with Gasteiger partial charge in [-0.3, -0.25) is 0 Å². The number of aromatic nitrogens is 1. The Hall–Kier alpha value is -1.48. The molecule has 0 bridgehead atoms. The Morgan fingerprint density at radius 3 is 2.93 bits per heavy atom. The molecule has 0 saturated carbocycles. The summed E-state index contributed by atoms with van der Waals surface area (Å²) in [4.78, 5) is 3.22. The molecule has 15 heavy (non-hydrogen) atoms. The summed E-state index contributed by atoms with van der Waals surface area (Å²) in [7, 11) is 0. The zero-order valence-electron chi connectivity index (χ0n) is 8.96. The average Bonchev–Trinajstić information content (AvgIpc) is 2.60. The number of nitrogens with two attached hydrogens (primary N) is 2. The fraction of sp³-hybridized carbons (Fsp3) is 0.333. The lowest BCUT2D eigenvalue weighted by Crippen LogP contribution is -2.21. The molecule has 0 fully saturated rings. The van der Waals surface area contributed by atoms with Crippen LogP contribution in [0.15, 0.2) is 24.4 Å². The van der Waals surface area contributed by atoms with Gasteiger partial charge in [0.1, 0.15) is 0 Å². The summed E-state index contributed by atoms with van der Waals surface area (Å²) in [5.41, 5.74) is 14.8. The highest BCUT2D eigenvalue weighted by Crippen LogP contribution is 2.21. The first-order chi connectivity index (χ1) is 7.20. The van der Waals surface area contributed by atoms with Crippen molar-refractivity contribution in [2.75, 3.05) is 5.73 Å². The van der Waals surface area contributed by atoms with Gasteiger partial charge in [0, 0.05) is 28.8 Å². The van der Waals surface area contributed by atoms with Crippen LogP contribution < -0.4 is 11.5 Å². The number of hydrogen-bond acceptors (Lipinski definition) is 2. The van der Waals surface area contributed by atoms with E-state index < -0.39 is 0 Å². The Labute approximate surface area is 89.5 Å². The van der Waals surface area contributed by atoms with Gasteiger partial charge in [0.15, 0.2) is 0 Å². The normalized spacial score (nSPS) is 13.2. The molecule has 3 nitrogen and oxygen atoms in total. The summed E-state index contributed by atoms with van der Waals surface area (Å²) in [6, 6.07) is 6.17. The molecular weight excluding hydrogens is 186 g/mol. The third-order valence-electron chi connectivity index (χ3n) is 2.80. The highest BCUT2D eigenvalue weighted by atomic mass is 14.7. The molecule has 0 spiro atoms. The summed E-state index contributed by atoms with van der Waals surface area (Å²) in [6.07, 6.45) is 3.95. The molecule has 1 atom stereocenters. The van der Waals surface area contributed by atoms with Crippen molar-refractivity contribution >= 4 is 16.6 Å². The van der Waals surface area contributed by atoms with Crippen molar-refractivity contribution in [2.45, 2.75) is 25.8 Å². The molecule has 0 aliphatic carbocycles. The van der Waals surface area contributed by atoms with Crippen molar-refractivity contribution in [2.24, 2.45) is 5.73 Å². The first-order valence-electron chi connectivity index (χ1n) is 5.31. The molecule has 1 aromatic heterocycles. The third kappa shape index (κ3) is 1.97. The number of nitrogen functional groups attached to an aromatic ring is 1. The Kier molecular flexibility index (Phi) is 2.64. The van der Waals surface area contributed by atoms with Crippen LogP contribution in [0.2, 0.25) is 0 Å². The van der Waals surface area contributed by atoms with Crippen LogP contribution in [0.25, 0.3) is 10.9 Å². The van der Waals surface area contributed by atoms with E-state index >= 15 is 0 Å². The fourth-order valence-corrected chi connectivity index (χ4v) is 1.80. The van der Waals surface area contributed by atoms with E-state index in [1.807, 2.05) is 18.3 Å². The van der Waals surface area contributed by atoms with Gasteiger partial charge in [0.05, 0.1) is 0 Å². The van der Waals surface area contributed by atoms with Crippen LogP contribution in [0, 0.1) is 0 Å². The van der Waals surface area contributed by atoms with E-state index in [2.05, 4.69) is 18.0 Å². The van der Waals surface area contributed by atoms with Crippen molar-refractivity contribution in [3.8, 4) is 0 Å². The molecule has 5 N–H and O–H groups in total. The predicted molar refractivity (Wildman–Crippen MR) is 64.7 cm³/mol. The number of aromatic amines is 1. The van der Waals surface area contributed by atoms with E-state index in [4.69, 9.17) is 11.5 Å². The van der Waals surface area contributed by atoms with Gasteiger partial charge in [-0.25, -0.2) is 0 Å². The highest BCUT2D eigenvalue weighted by Gasteiger charge is 2.07. The van der Waals surface area contributed by atoms with Gasteiger partial charge in [0.2, 0.25) is 0 Å². The smallest absolute Gasteiger partial charge is 0.0477 e. The topological polar surface area (TPSA) is 67.8 Å². The number of fused-ring (bicyclic) bond motifs is 1. The number of H-pyrrole nitrogens is 1. The standard InChI is InChI=1S/C12H17N3/c1-2-9(13)5-8-7-15-12-6-10(14)3-4-11(8)12/h3-4,6-7,9,15H,2,5,13-14H2,1H3. The predicted octanol–water partition coefficient (Wildman–Crippen LogP) is 2.03. The maximum atomic E-state index is 5.95. The van der Waals surface area contributed by atoms with E-state index in [1.165, 1.54) is 10.9 Å². The Bertz CT molecular complexity index is 459. The van der Waals surface area contributed by atoms with E-state index in [1.54, 1.807) is 0 Å². The Morgan fingerprint density at radius 1 is 1.40 bits per heavy atom. The average molecular weight is 203 g/mol. The lowest BCUT2D eigenvalue weighted by molar-refractivity contribution is 0.648. The van der Waals surface area contributed by atoms with Gasteiger partial charge in [-0.1, -0.05) is 13.0 Å². The van der Waals surface area contributed by atoms with Crippen LogP contribution >= 0.6 is 0 Å². The van der Waals surface area contributed by atoms with E-state index in [-0.39, 0.29) is 6.04 Å². The molecule has 2 rings (SSSR count). The zero-order valence-corrected chi connectivity index (χ0v) is 8.96. The van der Waals surface area contributed by atoms with Crippen LogP contribution in [0.3, 0.4) is 0 Å². The van der Waals surface area contributed by atoms with Crippen molar-refractivity contribution < 1.29 is 0 Å². The zero-order chi connectivity index (χ0) is 10.8. The second kappa shape index (κ2) is 3.95. The Balaban J connectivity index is 2.36. The maximum absolute atomic E-state index is 5.95. The van der Waals surface area contributed by atoms with Crippen molar-refractivity contribution in [3.63, 3.8) is 0 Å². The molecule has 0 saturated heterocycles. The second-order valence-corrected chi connectivity index (χ2v) is 3.99. The lowest BCUT2D eigenvalue weighted by atomic mass is 10.0. The summed E-state index contributed by atoms with van der Waals surface area (Å²) in [5.74, 6) is 0. The minimum absolute atomic E-state index is 0.238. The SMILES string of the molecule is CCC(N)Cc1c[nH]c2cc(N)ccc12. The first kappa shape index (κ1) is 10.1. The molecule has 1 unspecified atom stereocenters. The Morgan fingerprint density at radius 2 is 2.20 bits per heavy atom. The third-order valence-corrected chi connectivity index (χ3v) is 2.80. The van der Waals surface area contributed by atoms with Crippen LogP contribution in [-0.2, 0) is 6.42 Å². The number of rotatable bonds is 3. The molecule has 0 amide bonds. The monoisotopic (exact) mass is 203 g/mol. The molecular formula is C12H17N3. The maximum Gasteiger partial charge on any atom is 0.0477 e. The molecule has 1 heterocycles. The summed E-state index contributed by atoms with van der Waals surface area (Å²) >= 11 is 0. The summed E-state index contributed by atoms with van der Waals surface area (Å²) in [5, 5.41) is 1.23. The molecule has 1 aromatic carbocycles. The van der Waals surface area contributed by atoms with Gasteiger partial charge in [-0.05, 0) is 30.5 Å². The molecule has 2 aromatic rings. The number of anilines is 1. The molecule has 0 radical (unpaired) electrons. The molecule has 0 aliphatic rings. The molecule has 3 heteroatoms. The second-order valence-electron chi connectivity index (χ2n) is 3.99. The molecule has 0 aliphatic heterocycles. The minimum atomic E-state index is 0.238. The van der Waals surface area contributed by atoms with Crippen LogP contribution in [0.4, 0.5) is 5.69 Å². The van der Waals surface area contributed by atoms with Gasteiger partial charge < -0.3 is 16.5 Å². The fourth-order valence-electron chi connectivity index (χ4n) is 1.80. The van der Waals surface area contributed by atoms with E-state index in [0.717, 1.165) is 24.0 Å². The number of nitrogens with one attached hydrogen (secondary N) is 1. The van der Waals surface area contributed by atoms with Gasteiger partial charge in [-0.15, -0.1) is 0 Å². The molecule has 80 valence electrons. The van der Waals surface area contributed by atoms with Crippen LogP contribution in [-0.4, -0.2) is 11.0 Å². The highest BCUT2D eigenvalue weighted by molar-refractivity contribution is 5.85. The van der Waals surface area contributed by atoms with Gasteiger partial charge >= 0.3 is 0 Å².